The number of benzene rings is 2. The van der Waals surface area contributed by atoms with Gasteiger partial charge in [0.1, 0.15) is 30.6 Å². The lowest BCUT2D eigenvalue weighted by Crippen LogP contribution is -1.98. The minimum Gasteiger partial charge on any atom is -0.488 e. The Morgan fingerprint density at radius 3 is 2.67 bits per heavy atom. The van der Waals surface area contributed by atoms with Crippen LogP contribution in [0.5, 0.6) is 5.75 Å². The van der Waals surface area contributed by atoms with Crippen molar-refractivity contribution in [3.05, 3.63) is 64.2 Å². The van der Waals surface area contributed by atoms with Crippen LogP contribution in [-0.4, -0.2) is 11.7 Å². The standard InChI is InChI=1S/C16H11ClF2O2/c17-14-8-11(3-5-15(14)19)10-21-16-6-4-13(18)9-12(16)2-1-7-20/h3-6,8-9,20H,7,10H2. The van der Waals surface area contributed by atoms with Crippen molar-refractivity contribution in [3.8, 4) is 17.6 Å². The van der Waals surface area contributed by atoms with Gasteiger partial charge in [0.25, 0.3) is 0 Å². The number of ether oxygens (including phenoxy) is 1. The molecule has 0 atom stereocenters. The molecule has 0 heterocycles. The van der Waals surface area contributed by atoms with Crippen LogP contribution >= 0.6 is 11.6 Å². The molecule has 0 unspecified atom stereocenters. The molecule has 2 rings (SSSR count). The van der Waals surface area contributed by atoms with Gasteiger partial charge in [-0.3, -0.25) is 0 Å². The first-order valence-corrected chi connectivity index (χ1v) is 6.44. The molecule has 0 saturated heterocycles. The first-order valence-electron chi connectivity index (χ1n) is 6.06. The molecule has 0 fully saturated rings. The normalized spacial score (nSPS) is 9.90. The van der Waals surface area contributed by atoms with E-state index in [1.807, 2.05) is 0 Å². The third kappa shape index (κ3) is 4.19. The smallest absolute Gasteiger partial charge is 0.141 e. The van der Waals surface area contributed by atoms with Crippen molar-refractivity contribution in [1.29, 1.82) is 0 Å². The molecular weight excluding hydrogens is 298 g/mol. The van der Waals surface area contributed by atoms with Crippen LogP contribution in [0.25, 0.3) is 0 Å². The molecule has 108 valence electrons. The average molecular weight is 309 g/mol. The molecule has 0 aliphatic carbocycles. The average Bonchev–Trinajstić information content (AvgIpc) is 2.47. The van der Waals surface area contributed by atoms with E-state index in [2.05, 4.69) is 11.8 Å². The summed E-state index contributed by atoms with van der Waals surface area (Å²) >= 11 is 5.69. The fourth-order valence-electron chi connectivity index (χ4n) is 1.65. The summed E-state index contributed by atoms with van der Waals surface area (Å²) in [6.07, 6.45) is 0. The van der Waals surface area contributed by atoms with E-state index in [0.717, 1.165) is 0 Å². The van der Waals surface area contributed by atoms with Gasteiger partial charge in [-0.05, 0) is 35.9 Å². The highest BCUT2D eigenvalue weighted by atomic mass is 35.5. The fraction of sp³-hybridized carbons (Fsp3) is 0.125. The van der Waals surface area contributed by atoms with Crippen LogP contribution in [-0.2, 0) is 6.61 Å². The summed E-state index contributed by atoms with van der Waals surface area (Å²) in [6, 6.07) is 8.16. The van der Waals surface area contributed by atoms with Gasteiger partial charge in [-0.15, -0.1) is 0 Å². The molecule has 21 heavy (non-hydrogen) atoms. The zero-order chi connectivity index (χ0) is 15.2. The van der Waals surface area contributed by atoms with E-state index in [-0.39, 0.29) is 18.2 Å². The predicted molar refractivity (Wildman–Crippen MR) is 76.1 cm³/mol. The van der Waals surface area contributed by atoms with Crippen LogP contribution in [0.1, 0.15) is 11.1 Å². The molecule has 0 radical (unpaired) electrons. The molecule has 0 aliphatic rings. The van der Waals surface area contributed by atoms with E-state index in [1.54, 1.807) is 6.07 Å². The molecule has 1 N–H and O–H groups in total. The second kappa shape index (κ2) is 7.07. The number of halogens is 3. The Morgan fingerprint density at radius 1 is 1.14 bits per heavy atom. The maximum absolute atomic E-state index is 13.2. The number of aliphatic hydroxyl groups excluding tert-OH is 1. The van der Waals surface area contributed by atoms with Gasteiger partial charge < -0.3 is 9.84 Å². The summed E-state index contributed by atoms with van der Waals surface area (Å²) in [6.45, 7) is -0.192. The van der Waals surface area contributed by atoms with E-state index in [9.17, 15) is 8.78 Å². The second-order valence-corrected chi connectivity index (χ2v) is 4.54. The van der Waals surface area contributed by atoms with Crippen LogP contribution in [0.15, 0.2) is 36.4 Å². The zero-order valence-corrected chi connectivity index (χ0v) is 11.6. The van der Waals surface area contributed by atoms with E-state index >= 15 is 0 Å². The Morgan fingerprint density at radius 2 is 1.95 bits per heavy atom. The summed E-state index contributed by atoms with van der Waals surface area (Å²) in [5.74, 6) is 4.46. The van der Waals surface area contributed by atoms with Crippen LogP contribution in [0.4, 0.5) is 8.78 Å². The summed E-state index contributed by atoms with van der Waals surface area (Å²) in [5, 5.41) is 8.70. The maximum atomic E-state index is 13.2. The minimum atomic E-state index is -0.503. The Balaban J connectivity index is 2.17. The van der Waals surface area contributed by atoms with Crippen molar-refractivity contribution in [1.82, 2.24) is 0 Å². The molecule has 2 nitrogen and oxygen atoms in total. The third-order valence-corrected chi connectivity index (χ3v) is 2.91. The number of aliphatic hydroxyl groups is 1. The van der Waals surface area contributed by atoms with Gasteiger partial charge in [0.2, 0.25) is 0 Å². The summed E-state index contributed by atoms with van der Waals surface area (Å²) in [4.78, 5) is 0. The second-order valence-electron chi connectivity index (χ2n) is 4.14. The number of hydrogen-bond donors (Lipinski definition) is 1. The quantitative estimate of drug-likeness (QED) is 0.879. The van der Waals surface area contributed by atoms with Crippen LogP contribution in [0.2, 0.25) is 5.02 Å². The molecule has 0 spiro atoms. The Labute approximate surface area is 125 Å². The van der Waals surface area contributed by atoms with Gasteiger partial charge in [-0.2, -0.15) is 0 Å². The SMILES string of the molecule is OCC#Cc1cc(F)ccc1OCc1ccc(F)c(Cl)c1. The largest absolute Gasteiger partial charge is 0.488 e. The van der Waals surface area contributed by atoms with Gasteiger partial charge >= 0.3 is 0 Å². The van der Waals surface area contributed by atoms with Crippen LogP contribution < -0.4 is 4.74 Å². The Hall–Kier alpha value is -2.09. The molecule has 0 aromatic heterocycles. The maximum Gasteiger partial charge on any atom is 0.141 e. The van der Waals surface area contributed by atoms with Crippen molar-refractivity contribution >= 4 is 11.6 Å². The van der Waals surface area contributed by atoms with E-state index in [1.165, 1.54) is 30.3 Å². The fourth-order valence-corrected chi connectivity index (χ4v) is 1.85. The first-order chi connectivity index (χ1) is 10.1. The number of rotatable bonds is 3. The molecule has 0 bridgehead atoms. The van der Waals surface area contributed by atoms with Crippen molar-refractivity contribution in [3.63, 3.8) is 0 Å². The van der Waals surface area contributed by atoms with E-state index in [4.69, 9.17) is 21.4 Å². The van der Waals surface area contributed by atoms with Gasteiger partial charge in [0, 0.05) is 0 Å². The summed E-state index contributed by atoms with van der Waals surface area (Å²) in [5.41, 5.74) is 1.00. The van der Waals surface area contributed by atoms with Crippen molar-refractivity contribution < 1.29 is 18.6 Å². The van der Waals surface area contributed by atoms with E-state index in [0.29, 0.717) is 16.9 Å². The highest BCUT2D eigenvalue weighted by Crippen LogP contribution is 2.21. The van der Waals surface area contributed by atoms with Crippen LogP contribution in [0.3, 0.4) is 0 Å². The number of hydrogen-bond acceptors (Lipinski definition) is 2. The summed E-state index contributed by atoms with van der Waals surface area (Å²) < 4.78 is 31.8. The molecule has 0 amide bonds. The van der Waals surface area contributed by atoms with Crippen LogP contribution in [0, 0.1) is 23.5 Å². The summed E-state index contributed by atoms with van der Waals surface area (Å²) in [7, 11) is 0. The molecule has 2 aromatic carbocycles. The highest BCUT2D eigenvalue weighted by molar-refractivity contribution is 6.30. The van der Waals surface area contributed by atoms with Gasteiger partial charge in [-0.1, -0.05) is 29.5 Å². The molecular formula is C16H11ClF2O2. The topological polar surface area (TPSA) is 29.5 Å². The lowest BCUT2D eigenvalue weighted by molar-refractivity contribution is 0.304. The Bertz CT molecular complexity index is 705. The Kier molecular flexibility index (Phi) is 5.15. The zero-order valence-electron chi connectivity index (χ0n) is 10.9. The molecule has 5 heteroatoms. The van der Waals surface area contributed by atoms with E-state index < -0.39 is 11.6 Å². The molecule has 0 aliphatic heterocycles. The highest BCUT2D eigenvalue weighted by Gasteiger charge is 2.06. The van der Waals surface area contributed by atoms with Crippen molar-refractivity contribution in [2.45, 2.75) is 6.61 Å². The van der Waals surface area contributed by atoms with Crippen molar-refractivity contribution in [2.24, 2.45) is 0 Å². The third-order valence-electron chi connectivity index (χ3n) is 2.62. The molecule has 2 aromatic rings. The first kappa shape index (κ1) is 15.3. The van der Waals surface area contributed by atoms with Gasteiger partial charge in [0.05, 0.1) is 10.6 Å². The van der Waals surface area contributed by atoms with Gasteiger partial charge in [0.15, 0.2) is 0 Å². The predicted octanol–water partition coefficient (Wildman–Crippen LogP) is 3.54. The van der Waals surface area contributed by atoms with Gasteiger partial charge in [-0.25, -0.2) is 8.78 Å². The lowest BCUT2D eigenvalue weighted by atomic mass is 10.2. The lowest BCUT2D eigenvalue weighted by Gasteiger charge is -2.09. The minimum absolute atomic E-state index is 0.00972. The van der Waals surface area contributed by atoms with Crippen molar-refractivity contribution in [2.75, 3.05) is 6.61 Å². The monoisotopic (exact) mass is 308 g/mol. The molecule has 0 saturated carbocycles.